The lowest BCUT2D eigenvalue weighted by Gasteiger charge is -2.26. The minimum absolute atomic E-state index is 0.170. The molecule has 0 fully saturated rings. The topological polar surface area (TPSA) is 149 Å². The molecule has 0 aliphatic rings. The molecule has 10 heteroatoms. The molecule has 2 aromatic rings. The summed E-state index contributed by atoms with van der Waals surface area (Å²) in [6, 6.07) is 11.7. The number of hydrogen-bond donors (Lipinski definition) is 1. The van der Waals surface area contributed by atoms with Gasteiger partial charge in [0, 0.05) is 23.6 Å². The number of esters is 2. The van der Waals surface area contributed by atoms with E-state index in [0.29, 0.717) is 11.1 Å². The molecule has 1 N–H and O–H groups in total. The lowest BCUT2D eigenvalue weighted by molar-refractivity contribution is -0.384. The molecule has 0 heterocycles. The third kappa shape index (κ3) is 5.86. The van der Waals surface area contributed by atoms with Crippen molar-refractivity contribution in [3.63, 3.8) is 0 Å². The van der Waals surface area contributed by atoms with Crippen molar-refractivity contribution in [2.24, 2.45) is 0 Å². The molecular weight excluding hydrogens is 406 g/mol. The first kappa shape index (κ1) is 23.0. The van der Waals surface area contributed by atoms with Gasteiger partial charge in [0.15, 0.2) is 0 Å². The van der Waals surface area contributed by atoms with Crippen molar-refractivity contribution < 1.29 is 28.8 Å². The molecule has 0 aliphatic carbocycles. The van der Waals surface area contributed by atoms with Gasteiger partial charge >= 0.3 is 11.9 Å². The average Bonchev–Trinajstić information content (AvgIpc) is 2.80. The molecule has 0 spiro atoms. The van der Waals surface area contributed by atoms with Crippen molar-refractivity contribution in [3.05, 3.63) is 75.3 Å². The van der Waals surface area contributed by atoms with Crippen LogP contribution in [0.2, 0.25) is 0 Å². The molecule has 0 saturated carbocycles. The molecule has 2 aromatic carbocycles. The number of carbonyl (C=O) groups excluding carboxylic acids is 3. The van der Waals surface area contributed by atoms with E-state index in [1.165, 1.54) is 55.6 Å². The van der Waals surface area contributed by atoms with Gasteiger partial charge in [-0.05, 0) is 29.8 Å². The standard InChI is InChI=1S/C21H19N3O7/c1-30-18(25)11-17(14-7-9-16(10-8-14)24(28)29)19(21(27)31-2)23-20(26)15-5-3-13(12-22)4-6-15/h3-10,17,19H,11H2,1-2H3,(H,23,26)/t17-,19-/m1/s1. The zero-order valence-electron chi connectivity index (χ0n) is 16.7. The van der Waals surface area contributed by atoms with Gasteiger partial charge in [0.2, 0.25) is 0 Å². The normalized spacial score (nSPS) is 12.0. The van der Waals surface area contributed by atoms with Gasteiger partial charge < -0.3 is 14.8 Å². The van der Waals surface area contributed by atoms with Crippen molar-refractivity contribution in [2.45, 2.75) is 18.4 Å². The Bertz CT molecular complexity index is 1010. The summed E-state index contributed by atoms with van der Waals surface area (Å²) in [5.74, 6) is -3.00. The molecule has 0 unspecified atom stereocenters. The maximum Gasteiger partial charge on any atom is 0.329 e. The minimum Gasteiger partial charge on any atom is -0.469 e. The number of benzene rings is 2. The van der Waals surface area contributed by atoms with Crippen LogP contribution in [-0.2, 0) is 19.1 Å². The number of nitro groups is 1. The Hall–Kier alpha value is -4.26. The second-order valence-electron chi connectivity index (χ2n) is 6.40. The maximum absolute atomic E-state index is 12.7. The Balaban J connectivity index is 2.40. The fourth-order valence-corrected chi connectivity index (χ4v) is 2.91. The van der Waals surface area contributed by atoms with Gasteiger partial charge in [-0.3, -0.25) is 19.7 Å². The van der Waals surface area contributed by atoms with Crippen molar-refractivity contribution >= 4 is 23.5 Å². The molecule has 160 valence electrons. The number of nitrogens with one attached hydrogen (secondary N) is 1. The Morgan fingerprint density at radius 1 is 1.06 bits per heavy atom. The van der Waals surface area contributed by atoms with E-state index in [-0.39, 0.29) is 17.7 Å². The van der Waals surface area contributed by atoms with E-state index in [2.05, 4.69) is 5.32 Å². The predicted octanol–water partition coefficient (Wildman–Crippen LogP) is 2.08. The first-order chi connectivity index (χ1) is 14.8. The van der Waals surface area contributed by atoms with Crippen LogP contribution < -0.4 is 5.32 Å². The van der Waals surface area contributed by atoms with Crippen LogP contribution in [0, 0.1) is 21.4 Å². The number of hydrogen-bond acceptors (Lipinski definition) is 8. The monoisotopic (exact) mass is 425 g/mol. The summed E-state index contributed by atoms with van der Waals surface area (Å²) in [7, 11) is 2.31. The first-order valence-corrected chi connectivity index (χ1v) is 9.00. The number of amides is 1. The SMILES string of the molecule is COC(=O)C[C@H](c1ccc([N+](=O)[O-])cc1)[C@@H](NC(=O)c1ccc(C#N)cc1)C(=O)OC. The van der Waals surface area contributed by atoms with E-state index in [1.54, 1.807) is 0 Å². The Kier molecular flexibility index (Phi) is 7.80. The molecule has 2 atom stereocenters. The van der Waals surface area contributed by atoms with E-state index in [4.69, 9.17) is 14.7 Å². The molecule has 0 bridgehead atoms. The summed E-state index contributed by atoms with van der Waals surface area (Å²) >= 11 is 0. The molecular formula is C21H19N3O7. The Morgan fingerprint density at radius 2 is 1.68 bits per heavy atom. The van der Waals surface area contributed by atoms with E-state index < -0.39 is 34.7 Å². The fraction of sp³-hybridized carbons (Fsp3) is 0.238. The summed E-state index contributed by atoms with van der Waals surface area (Å²) in [4.78, 5) is 47.5. The van der Waals surface area contributed by atoms with Crippen LogP contribution in [0.1, 0.15) is 33.8 Å². The summed E-state index contributed by atoms with van der Waals surface area (Å²) < 4.78 is 9.51. The number of non-ortho nitro benzene ring substituents is 1. The second-order valence-corrected chi connectivity index (χ2v) is 6.40. The maximum atomic E-state index is 12.7. The number of rotatable bonds is 8. The smallest absolute Gasteiger partial charge is 0.329 e. The summed E-state index contributed by atoms with van der Waals surface area (Å²) in [5, 5.41) is 22.4. The molecule has 10 nitrogen and oxygen atoms in total. The summed E-state index contributed by atoms with van der Waals surface area (Å²) in [6.07, 6.45) is -0.290. The lowest BCUT2D eigenvalue weighted by Crippen LogP contribution is -2.46. The molecule has 0 aromatic heterocycles. The van der Waals surface area contributed by atoms with Crippen molar-refractivity contribution in [3.8, 4) is 6.07 Å². The van der Waals surface area contributed by atoms with E-state index in [1.807, 2.05) is 6.07 Å². The van der Waals surface area contributed by atoms with Gasteiger partial charge in [-0.25, -0.2) is 4.79 Å². The highest BCUT2D eigenvalue weighted by molar-refractivity contribution is 5.97. The lowest BCUT2D eigenvalue weighted by atomic mass is 9.88. The molecule has 31 heavy (non-hydrogen) atoms. The van der Waals surface area contributed by atoms with Gasteiger partial charge in [-0.15, -0.1) is 0 Å². The van der Waals surface area contributed by atoms with Crippen molar-refractivity contribution in [1.82, 2.24) is 5.32 Å². The van der Waals surface area contributed by atoms with Crippen LogP contribution in [0.15, 0.2) is 48.5 Å². The van der Waals surface area contributed by atoms with Crippen LogP contribution in [0.4, 0.5) is 5.69 Å². The van der Waals surface area contributed by atoms with Gasteiger partial charge in [0.1, 0.15) is 6.04 Å². The minimum atomic E-state index is -1.28. The van der Waals surface area contributed by atoms with Gasteiger partial charge in [0.05, 0.1) is 37.2 Å². The van der Waals surface area contributed by atoms with E-state index in [0.717, 1.165) is 7.11 Å². The van der Waals surface area contributed by atoms with Crippen molar-refractivity contribution in [1.29, 1.82) is 5.26 Å². The van der Waals surface area contributed by atoms with E-state index >= 15 is 0 Å². The zero-order chi connectivity index (χ0) is 23.0. The van der Waals surface area contributed by atoms with Crippen molar-refractivity contribution in [2.75, 3.05) is 14.2 Å². The highest BCUT2D eigenvalue weighted by atomic mass is 16.6. The Labute approximate surface area is 177 Å². The number of ether oxygens (including phenoxy) is 2. The van der Waals surface area contributed by atoms with Crippen LogP contribution in [0.5, 0.6) is 0 Å². The van der Waals surface area contributed by atoms with Gasteiger partial charge in [-0.2, -0.15) is 5.26 Å². The molecule has 2 rings (SSSR count). The molecule has 0 saturated heterocycles. The number of nitrogens with zero attached hydrogens (tertiary/aromatic N) is 2. The molecule has 0 radical (unpaired) electrons. The van der Waals surface area contributed by atoms with Crippen LogP contribution in [-0.4, -0.2) is 43.0 Å². The zero-order valence-corrected chi connectivity index (χ0v) is 16.7. The van der Waals surface area contributed by atoms with Gasteiger partial charge in [0.25, 0.3) is 11.6 Å². The number of methoxy groups -OCH3 is 2. The predicted molar refractivity (Wildman–Crippen MR) is 107 cm³/mol. The highest BCUT2D eigenvalue weighted by Gasteiger charge is 2.34. The highest BCUT2D eigenvalue weighted by Crippen LogP contribution is 2.27. The first-order valence-electron chi connectivity index (χ1n) is 9.00. The second kappa shape index (κ2) is 10.5. The van der Waals surface area contributed by atoms with Gasteiger partial charge in [-0.1, -0.05) is 12.1 Å². The Morgan fingerprint density at radius 3 is 2.16 bits per heavy atom. The van der Waals surface area contributed by atoms with E-state index in [9.17, 15) is 24.5 Å². The number of carbonyl (C=O) groups is 3. The van der Waals surface area contributed by atoms with Crippen LogP contribution >= 0.6 is 0 Å². The quantitative estimate of drug-likeness (QED) is 0.384. The fourth-order valence-electron chi connectivity index (χ4n) is 2.91. The average molecular weight is 425 g/mol. The van der Waals surface area contributed by atoms with Crippen LogP contribution in [0.3, 0.4) is 0 Å². The molecule has 0 aliphatic heterocycles. The summed E-state index contributed by atoms with van der Waals surface area (Å²) in [6.45, 7) is 0. The number of nitriles is 1. The largest absolute Gasteiger partial charge is 0.469 e. The number of nitro benzene ring substituents is 1. The third-order valence-electron chi connectivity index (χ3n) is 4.57. The third-order valence-corrected chi connectivity index (χ3v) is 4.57. The summed E-state index contributed by atoms with van der Waals surface area (Å²) in [5.41, 5.74) is 0.771. The molecule has 1 amide bonds. The van der Waals surface area contributed by atoms with Crippen LogP contribution in [0.25, 0.3) is 0 Å².